The Balaban J connectivity index is 2.06. The van der Waals surface area contributed by atoms with Gasteiger partial charge in [0, 0.05) is 24.0 Å². The van der Waals surface area contributed by atoms with Gasteiger partial charge < -0.3 is 0 Å². The van der Waals surface area contributed by atoms with Crippen LogP contribution in [0.25, 0.3) is 0 Å². The second-order valence-electron chi connectivity index (χ2n) is 4.51. The summed E-state index contributed by atoms with van der Waals surface area (Å²) in [4.78, 5) is 4.19. The van der Waals surface area contributed by atoms with Crippen LogP contribution in [0.15, 0.2) is 11.4 Å². The molecule has 0 spiro atoms. The van der Waals surface area contributed by atoms with E-state index in [4.69, 9.17) is 0 Å². The van der Waals surface area contributed by atoms with Crippen molar-refractivity contribution in [1.82, 2.24) is 4.90 Å². The van der Waals surface area contributed by atoms with Crippen molar-refractivity contribution in [1.29, 1.82) is 0 Å². The van der Waals surface area contributed by atoms with E-state index in [2.05, 4.69) is 42.8 Å². The van der Waals surface area contributed by atoms with E-state index >= 15 is 0 Å². The van der Waals surface area contributed by atoms with Crippen molar-refractivity contribution in [2.75, 3.05) is 18.8 Å². The molecule has 1 aromatic heterocycles. The van der Waals surface area contributed by atoms with E-state index < -0.39 is 0 Å². The Morgan fingerprint density at radius 1 is 1.67 bits per heavy atom. The summed E-state index contributed by atoms with van der Waals surface area (Å²) in [6.45, 7) is 7.01. The first-order valence-corrected chi connectivity index (χ1v) is 7.14. The molecule has 1 aliphatic rings. The minimum atomic E-state index is 0.599. The van der Waals surface area contributed by atoms with Gasteiger partial charge in [0.15, 0.2) is 0 Å². The Morgan fingerprint density at radius 3 is 3.20 bits per heavy atom. The Bertz CT molecular complexity index is 321. The molecule has 0 saturated heterocycles. The zero-order chi connectivity index (χ0) is 10.8. The molecule has 0 aromatic carbocycles. The van der Waals surface area contributed by atoms with Gasteiger partial charge >= 0.3 is 0 Å². The lowest BCUT2D eigenvalue weighted by atomic mass is 10.0. The van der Waals surface area contributed by atoms with E-state index in [1.54, 1.807) is 10.4 Å². The molecule has 1 aliphatic heterocycles. The fourth-order valence-electron chi connectivity index (χ4n) is 2.27. The lowest BCUT2D eigenvalue weighted by Crippen LogP contribution is -2.36. The monoisotopic (exact) mass is 241 g/mol. The van der Waals surface area contributed by atoms with Gasteiger partial charge in [-0.2, -0.15) is 12.6 Å². The molecule has 84 valence electrons. The van der Waals surface area contributed by atoms with Crippen molar-refractivity contribution in [3.63, 3.8) is 0 Å². The van der Waals surface area contributed by atoms with Gasteiger partial charge in [0.1, 0.15) is 0 Å². The molecule has 1 aromatic rings. The minimum Gasteiger partial charge on any atom is -0.296 e. The molecule has 0 radical (unpaired) electrons. The van der Waals surface area contributed by atoms with Crippen LogP contribution in [0.2, 0.25) is 0 Å². The highest BCUT2D eigenvalue weighted by atomic mass is 32.1. The van der Waals surface area contributed by atoms with Gasteiger partial charge in [-0.1, -0.05) is 6.92 Å². The van der Waals surface area contributed by atoms with E-state index in [1.807, 2.05) is 11.3 Å². The van der Waals surface area contributed by atoms with E-state index in [0.717, 1.165) is 5.75 Å². The largest absolute Gasteiger partial charge is 0.296 e. The molecule has 1 nitrogen and oxygen atoms in total. The standard InChI is InChI=1S/C12H19NS2/c1-9(8-14)7-13-5-3-12-11(10(13)2)4-6-15-12/h4,6,9-10,14H,3,5,7-8H2,1-2H3. The van der Waals surface area contributed by atoms with Crippen LogP contribution in [0.4, 0.5) is 0 Å². The number of thiol groups is 1. The van der Waals surface area contributed by atoms with Gasteiger partial charge in [-0.25, -0.2) is 0 Å². The Morgan fingerprint density at radius 2 is 2.47 bits per heavy atom. The normalized spacial score (nSPS) is 23.8. The van der Waals surface area contributed by atoms with E-state index in [0.29, 0.717) is 12.0 Å². The molecule has 3 heteroatoms. The van der Waals surface area contributed by atoms with Gasteiger partial charge in [-0.15, -0.1) is 11.3 Å². The highest BCUT2D eigenvalue weighted by Gasteiger charge is 2.25. The highest BCUT2D eigenvalue weighted by Crippen LogP contribution is 2.33. The summed E-state index contributed by atoms with van der Waals surface area (Å²) in [6, 6.07) is 2.89. The maximum atomic E-state index is 4.36. The van der Waals surface area contributed by atoms with Crippen LogP contribution in [-0.4, -0.2) is 23.7 Å². The fourth-order valence-corrected chi connectivity index (χ4v) is 3.35. The smallest absolute Gasteiger partial charge is 0.0331 e. The van der Waals surface area contributed by atoms with Crippen LogP contribution in [0, 0.1) is 5.92 Å². The number of hydrogen-bond acceptors (Lipinski definition) is 3. The maximum absolute atomic E-state index is 4.36. The molecule has 0 aliphatic carbocycles. The van der Waals surface area contributed by atoms with Gasteiger partial charge in [0.2, 0.25) is 0 Å². The molecule has 0 amide bonds. The van der Waals surface area contributed by atoms with Gasteiger partial charge in [-0.05, 0) is 42.0 Å². The zero-order valence-electron chi connectivity index (χ0n) is 9.44. The van der Waals surface area contributed by atoms with E-state index in [-0.39, 0.29) is 0 Å². The summed E-state index contributed by atoms with van der Waals surface area (Å²) in [6.07, 6.45) is 1.23. The van der Waals surface area contributed by atoms with Crippen LogP contribution in [0.1, 0.15) is 30.3 Å². The van der Waals surface area contributed by atoms with Gasteiger partial charge in [-0.3, -0.25) is 4.90 Å². The molecule has 2 rings (SSSR count). The second kappa shape index (κ2) is 4.89. The molecule has 0 bridgehead atoms. The summed E-state index contributed by atoms with van der Waals surface area (Å²) < 4.78 is 0. The second-order valence-corrected chi connectivity index (χ2v) is 5.87. The molecule has 0 saturated carbocycles. The number of hydrogen-bond donors (Lipinski definition) is 1. The topological polar surface area (TPSA) is 3.24 Å². The minimum absolute atomic E-state index is 0.599. The van der Waals surface area contributed by atoms with Crippen LogP contribution in [-0.2, 0) is 6.42 Å². The summed E-state index contributed by atoms with van der Waals surface area (Å²) >= 11 is 6.28. The number of nitrogens with zero attached hydrogens (tertiary/aromatic N) is 1. The van der Waals surface area contributed by atoms with Crippen LogP contribution in [0.5, 0.6) is 0 Å². The average molecular weight is 241 g/mol. The van der Waals surface area contributed by atoms with Crippen molar-refractivity contribution >= 4 is 24.0 Å². The quantitative estimate of drug-likeness (QED) is 0.795. The molecular weight excluding hydrogens is 222 g/mol. The summed E-state index contributed by atoms with van der Waals surface area (Å²) in [5.74, 6) is 1.68. The predicted molar refractivity (Wildman–Crippen MR) is 71.0 cm³/mol. The molecule has 2 unspecified atom stereocenters. The molecule has 2 atom stereocenters. The number of thiophene rings is 1. The van der Waals surface area contributed by atoms with Crippen molar-refractivity contribution in [3.8, 4) is 0 Å². The molecule has 0 N–H and O–H groups in total. The van der Waals surface area contributed by atoms with Crippen molar-refractivity contribution in [3.05, 3.63) is 21.9 Å². The maximum Gasteiger partial charge on any atom is 0.0331 e. The van der Waals surface area contributed by atoms with E-state index in [9.17, 15) is 0 Å². The zero-order valence-corrected chi connectivity index (χ0v) is 11.2. The van der Waals surface area contributed by atoms with Gasteiger partial charge in [0.05, 0.1) is 0 Å². The first-order chi connectivity index (χ1) is 7.22. The molecule has 0 fully saturated rings. The molecular formula is C12H19NS2. The van der Waals surface area contributed by atoms with Gasteiger partial charge in [0.25, 0.3) is 0 Å². The van der Waals surface area contributed by atoms with E-state index in [1.165, 1.54) is 19.5 Å². The summed E-state index contributed by atoms with van der Waals surface area (Å²) in [7, 11) is 0. The number of fused-ring (bicyclic) bond motifs is 1. The number of rotatable bonds is 3. The third-order valence-corrected chi connectivity index (χ3v) is 4.88. The molecule has 2 heterocycles. The third kappa shape index (κ3) is 2.40. The third-order valence-electron chi connectivity index (χ3n) is 3.26. The van der Waals surface area contributed by atoms with Crippen LogP contribution in [0.3, 0.4) is 0 Å². The lowest BCUT2D eigenvalue weighted by Gasteiger charge is -2.35. The summed E-state index contributed by atoms with van der Waals surface area (Å²) in [5.41, 5.74) is 1.55. The first-order valence-electron chi connectivity index (χ1n) is 5.63. The lowest BCUT2D eigenvalue weighted by molar-refractivity contribution is 0.179. The van der Waals surface area contributed by atoms with Crippen molar-refractivity contribution in [2.24, 2.45) is 5.92 Å². The average Bonchev–Trinajstić information content (AvgIpc) is 2.70. The highest BCUT2D eigenvalue weighted by molar-refractivity contribution is 7.80. The Labute approximate surface area is 102 Å². The SMILES string of the molecule is CC(CS)CN1CCc2sccc2C1C. The van der Waals surface area contributed by atoms with Crippen molar-refractivity contribution < 1.29 is 0 Å². The van der Waals surface area contributed by atoms with Crippen molar-refractivity contribution in [2.45, 2.75) is 26.3 Å². The Hall–Kier alpha value is 0.0100. The van der Waals surface area contributed by atoms with Crippen LogP contribution >= 0.6 is 24.0 Å². The molecule has 15 heavy (non-hydrogen) atoms. The fraction of sp³-hybridized carbons (Fsp3) is 0.667. The Kier molecular flexibility index (Phi) is 3.75. The predicted octanol–water partition coefficient (Wildman–Crippen LogP) is 3.23. The van der Waals surface area contributed by atoms with Crippen LogP contribution < -0.4 is 0 Å². The first kappa shape index (κ1) is 11.5. The summed E-state index contributed by atoms with van der Waals surface area (Å²) in [5, 5.41) is 2.23.